The van der Waals surface area contributed by atoms with Crippen molar-refractivity contribution in [1.29, 1.82) is 0 Å². The molecule has 0 atom stereocenters. The number of amides is 1. The first-order chi connectivity index (χ1) is 5.49. The Balaban J connectivity index is 2.74. The van der Waals surface area contributed by atoms with Crippen molar-refractivity contribution >= 4 is 5.91 Å². The molecule has 1 aliphatic rings. The van der Waals surface area contributed by atoms with Crippen LogP contribution in [0.1, 0.15) is 6.42 Å². The molecule has 1 saturated heterocycles. The summed E-state index contributed by atoms with van der Waals surface area (Å²) in [7, 11) is 1.58. The SMILES string of the molecule is CN1C(=O)CC(N)(N)N1CCO. The third-order valence-corrected chi connectivity index (χ3v) is 1.95. The van der Waals surface area contributed by atoms with Crippen molar-refractivity contribution in [2.45, 2.75) is 12.2 Å². The van der Waals surface area contributed by atoms with Crippen LogP contribution in [0.25, 0.3) is 0 Å². The van der Waals surface area contributed by atoms with E-state index in [4.69, 9.17) is 16.6 Å². The molecule has 70 valence electrons. The van der Waals surface area contributed by atoms with Crippen molar-refractivity contribution < 1.29 is 9.90 Å². The maximum absolute atomic E-state index is 11.1. The van der Waals surface area contributed by atoms with E-state index < -0.39 is 5.79 Å². The quantitative estimate of drug-likeness (QED) is 0.407. The monoisotopic (exact) mass is 174 g/mol. The van der Waals surface area contributed by atoms with Gasteiger partial charge in [0.1, 0.15) is 5.79 Å². The van der Waals surface area contributed by atoms with E-state index in [0.29, 0.717) is 0 Å². The summed E-state index contributed by atoms with van der Waals surface area (Å²) in [6, 6.07) is 0. The molecule has 6 nitrogen and oxygen atoms in total. The van der Waals surface area contributed by atoms with Crippen molar-refractivity contribution in [1.82, 2.24) is 10.0 Å². The van der Waals surface area contributed by atoms with Gasteiger partial charge in [-0.1, -0.05) is 0 Å². The standard InChI is InChI=1S/C6H14N4O2/c1-9-5(12)4-6(7,8)10(9)2-3-11/h11H,2-4,7-8H2,1H3. The Kier molecular flexibility index (Phi) is 2.34. The number of hydrogen-bond acceptors (Lipinski definition) is 5. The van der Waals surface area contributed by atoms with Gasteiger partial charge in [-0.15, -0.1) is 0 Å². The number of carbonyl (C=O) groups is 1. The molecule has 0 unspecified atom stereocenters. The summed E-state index contributed by atoms with van der Waals surface area (Å²) in [6.45, 7) is 0.197. The van der Waals surface area contributed by atoms with Gasteiger partial charge in [0.05, 0.1) is 13.0 Å². The molecule has 0 saturated carbocycles. The second-order valence-electron chi connectivity index (χ2n) is 2.93. The van der Waals surface area contributed by atoms with Gasteiger partial charge in [-0.3, -0.25) is 21.3 Å². The molecule has 0 spiro atoms. The van der Waals surface area contributed by atoms with Gasteiger partial charge >= 0.3 is 0 Å². The van der Waals surface area contributed by atoms with E-state index in [2.05, 4.69) is 0 Å². The van der Waals surface area contributed by atoms with E-state index in [9.17, 15) is 4.79 Å². The van der Waals surface area contributed by atoms with Gasteiger partial charge in [0.2, 0.25) is 5.91 Å². The minimum absolute atomic E-state index is 0.0756. The van der Waals surface area contributed by atoms with E-state index >= 15 is 0 Å². The fourth-order valence-electron chi connectivity index (χ4n) is 1.31. The van der Waals surface area contributed by atoms with Crippen molar-refractivity contribution in [2.75, 3.05) is 20.2 Å². The van der Waals surface area contributed by atoms with Crippen molar-refractivity contribution in [2.24, 2.45) is 11.5 Å². The minimum Gasteiger partial charge on any atom is -0.395 e. The highest BCUT2D eigenvalue weighted by Crippen LogP contribution is 2.19. The first-order valence-electron chi connectivity index (χ1n) is 3.72. The van der Waals surface area contributed by atoms with Crippen LogP contribution in [0.4, 0.5) is 0 Å². The maximum Gasteiger partial charge on any atom is 0.241 e. The van der Waals surface area contributed by atoms with Gasteiger partial charge in [0, 0.05) is 13.6 Å². The maximum atomic E-state index is 11.1. The molecule has 1 fully saturated rings. The number of aliphatic hydroxyl groups excluding tert-OH is 1. The number of nitrogens with two attached hydrogens (primary N) is 2. The Bertz CT molecular complexity index is 194. The Hall–Kier alpha value is -0.690. The largest absolute Gasteiger partial charge is 0.395 e. The molecule has 1 rings (SSSR count). The van der Waals surface area contributed by atoms with Crippen LogP contribution in [0.5, 0.6) is 0 Å². The molecular formula is C6H14N4O2. The summed E-state index contributed by atoms with van der Waals surface area (Å²) in [5.41, 5.74) is 11.2. The zero-order valence-electron chi connectivity index (χ0n) is 7.03. The molecule has 12 heavy (non-hydrogen) atoms. The van der Waals surface area contributed by atoms with E-state index in [1.54, 1.807) is 7.05 Å². The Labute approximate surface area is 70.7 Å². The highest BCUT2D eigenvalue weighted by Gasteiger charge is 2.42. The fourth-order valence-corrected chi connectivity index (χ4v) is 1.31. The molecule has 0 bridgehead atoms. The number of hydrazine groups is 1. The van der Waals surface area contributed by atoms with Crippen LogP contribution in [-0.4, -0.2) is 47.0 Å². The predicted octanol–water partition coefficient (Wildman–Crippen LogP) is -2.37. The number of rotatable bonds is 2. The van der Waals surface area contributed by atoms with Crippen LogP contribution in [0.3, 0.4) is 0 Å². The first-order valence-corrected chi connectivity index (χ1v) is 3.72. The number of β-amino-alcohol motifs (C(OH)–C–C–N with tert-alkyl or cyclic N) is 1. The average Bonchev–Trinajstić information content (AvgIpc) is 2.13. The zero-order chi connectivity index (χ0) is 9.35. The summed E-state index contributed by atoms with van der Waals surface area (Å²) in [5.74, 6) is -1.28. The highest BCUT2D eigenvalue weighted by atomic mass is 16.3. The van der Waals surface area contributed by atoms with Gasteiger partial charge in [0.25, 0.3) is 0 Å². The molecule has 0 aromatic heterocycles. The van der Waals surface area contributed by atoms with E-state index in [-0.39, 0.29) is 25.5 Å². The van der Waals surface area contributed by atoms with Crippen molar-refractivity contribution in [3.63, 3.8) is 0 Å². The highest BCUT2D eigenvalue weighted by molar-refractivity contribution is 5.78. The molecular weight excluding hydrogens is 160 g/mol. The van der Waals surface area contributed by atoms with Crippen LogP contribution in [0, 0.1) is 0 Å². The molecule has 1 aliphatic heterocycles. The second-order valence-corrected chi connectivity index (χ2v) is 2.93. The molecule has 1 amide bonds. The predicted molar refractivity (Wildman–Crippen MR) is 42.3 cm³/mol. The van der Waals surface area contributed by atoms with Gasteiger partial charge in [-0.2, -0.15) is 5.01 Å². The Morgan fingerprint density at radius 3 is 2.58 bits per heavy atom. The van der Waals surface area contributed by atoms with Crippen LogP contribution in [-0.2, 0) is 4.79 Å². The normalized spacial score (nSPS) is 23.7. The molecule has 0 aromatic carbocycles. The molecule has 0 radical (unpaired) electrons. The number of carbonyl (C=O) groups excluding carboxylic acids is 1. The fraction of sp³-hybridized carbons (Fsp3) is 0.833. The van der Waals surface area contributed by atoms with E-state index in [0.717, 1.165) is 0 Å². The van der Waals surface area contributed by atoms with Crippen molar-refractivity contribution in [3.05, 3.63) is 0 Å². The average molecular weight is 174 g/mol. The number of nitrogens with zero attached hydrogens (tertiary/aromatic N) is 2. The first kappa shape index (κ1) is 9.40. The molecule has 5 N–H and O–H groups in total. The third kappa shape index (κ3) is 1.42. The van der Waals surface area contributed by atoms with Crippen LogP contribution < -0.4 is 11.5 Å². The lowest BCUT2D eigenvalue weighted by molar-refractivity contribution is -0.138. The molecule has 0 aliphatic carbocycles. The molecule has 6 heteroatoms. The third-order valence-electron chi connectivity index (χ3n) is 1.95. The van der Waals surface area contributed by atoms with Gasteiger partial charge in [0.15, 0.2) is 0 Å². The Morgan fingerprint density at radius 2 is 2.25 bits per heavy atom. The number of aliphatic hydroxyl groups is 1. The number of hydrogen-bond donors (Lipinski definition) is 3. The van der Waals surface area contributed by atoms with Crippen LogP contribution >= 0.6 is 0 Å². The summed E-state index contributed by atoms with van der Waals surface area (Å²) in [5, 5.41) is 11.5. The van der Waals surface area contributed by atoms with Crippen LogP contribution in [0.2, 0.25) is 0 Å². The lowest BCUT2D eigenvalue weighted by atomic mass is 10.3. The second kappa shape index (κ2) is 2.98. The summed E-state index contributed by atoms with van der Waals surface area (Å²) < 4.78 is 0. The molecule has 0 aromatic rings. The van der Waals surface area contributed by atoms with E-state index in [1.807, 2.05) is 0 Å². The van der Waals surface area contributed by atoms with Crippen LogP contribution in [0.15, 0.2) is 0 Å². The topological polar surface area (TPSA) is 95.8 Å². The summed E-state index contributed by atoms with van der Waals surface area (Å²) in [4.78, 5) is 11.1. The summed E-state index contributed by atoms with van der Waals surface area (Å²) >= 11 is 0. The zero-order valence-corrected chi connectivity index (χ0v) is 7.03. The van der Waals surface area contributed by atoms with Gasteiger partial charge in [-0.25, -0.2) is 0 Å². The smallest absolute Gasteiger partial charge is 0.241 e. The summed E-state index contributed by atoms with van der Waals surface area (Å²) in [6.07, 6.45) is 0.0868. The van der Waals surface area contributed by atoms with Gasteiger partial charge < -0.3 is 5.11 Å². The van der Waals surface area contributed by atoms with Crippen molar-refractivity contribution in [3.8, 4) is 0 Å². The molecule has 1 heterocycles. The minimum atomic E-state index is -1.14. The van der Waals surface area contributed by atoms with E-state index in [1.165, 1.54) is 10.0 Å². The lowest BCUT2D eigenvalue weighted by Gasteiger charge is -2.32. The Morgan fingerprint density at radius 1 is 1.67 bits per heavy atom. The lowest BCUT2D eigenvalue weighted by Crippen LogP contribution is -2.62. The van der Waals surface area contributed by atoms with Gasteiger partial charge in [-0.05, 0) is 0 Å².